The van der Waals surface area contributed by atoms with Crippen LogP contribution in [0.4, 0.5) is 4.39 Å². The van der Waals surface area contributed by atoms with E-state index in [2.05, 4.69) is 0 Å². The Kier molecular flexibility index (Phi) is 8.03. The Hall–Kier alpha value is -2.29. The molecule has 0 spiro atoms. The highest BCUT2D eigenvalue weighted by Gasteiger charge is 2.34. The lowest BCUT2D eigenvalue weighted by atomic mass is 9.96. The van der Waals surface area contributed by atoms with E-state index in [-0.39, 0.29) is 29.1 Å². The SMILES string of the molecule is Cc1ccc(S(=O)(=O)N2CCC(C(=O)N(CCN(C)C)Cc3ccccc3F)CC2)cc1. The van der Waals surface area contributed by atoms with Gasteiger partial charge in [0.25, 0.3) is 0 Å². The van der Waals surface area contributed by atoms with Crippen LogP contribution in [0.25, 0.3) is 0 Å². The second kappa shape index (κ2) is 10.6. The average molecular weight is 462 g/mol. The van der Waals surface area contributed by atoms with Crippen molar-refractivity contribution in [3.63, 3.8) is 0 Å². The molecule has 0 saturated carbocycles. The van der Waals surface area contributed by atoms with E-state index in [0.29, 0.717) is 44.6 Å². The third-order valence-electron chi connectivity index (χ3n) is 5.91. The number of nitrogens with zero attached hydrogens (tertiary/aromatic N) is 3. The maximum absolute atomic E-state index is 14.2. The van der Waals surface area contributed by atoms with Crippen molar-refractivity contribution in [2.24, 2.45) is 5.92 Å². The number of halogens is 1. The van der Waals surface area contributed by atoms with Crippen LogP contribution in [0.1, 0.15) is 24.0 Å². The molecule has 0 radical (unpaired) electrons. The van der Waals surface area contributed by atoms with Crippen molar-refractivity contribution in [1.82, 2.24) is 14.1 Å². The van der Waals surface area contributed by atoms with Crippen LogP contribution in [-0.4, -0.2) is 68.7 Å². The number of carbonyl (C=O) groups is 1. The van der Waals surface area contributed by atoms with Gasteiger partial charge in [0.2, 0.25) is 15.9 Å². The fraction of sp³-hybridized carbons (Fsp3) is 0.458. The lowest BCUT2D eigenvalue weighted by Crippen LogP contribution is -2.45. The van der Waals surface area contributed by atoms with Gasteiger partial charge < -0.3 is 9.80 Å². The van der Waals surface area contributed by atoms with Crippen LogP contribution in [-0.2, 0) is 21.4 Å². The molecule has 8 heteroatoms. The van der Waals surface area contributed by atoms with Crippen molar-refractivity contribution >= 4 is 15.9 Å². The van der Waals surface area contributed by atoms with Gasteiger partial charge in [0.15, 0.2) is 0 Å². The smallest absolute Gasteiger partial charge is 0.243 e. The Bertz CT molecular complexity index is 1020. The van der Waals surface area contributed by atoms with Crippen molar-refractivity contribution < 1.29 is 17.6 Å². The summed E-state index contributed by atoms with van der Waals surface area (Å²) in [5.74, 6) is -0.634. The van der Waals surface area contributed by atoms with Gasteiger partial charge in [-0.25, -0.2) is 12.8 Å². The predicted octanol–water partition coefficient (Wildman–Crippen LogP) is 3.13. The summed E-state index contributed by atoms with van der Waals surface area (Å²) in [5, 5.41) is 0. The Balaban J connectivity index is 1.68. The van der Waals surface area contributed by atoms with Gasteiger partial charge in [-0.3, -0.25) is 4.79 Å². The third kappa shape index (κ3) is 5.94. The normalized spacial score (nSPS) is 15.8. The van der Waals surface area contributed by atoms with Crippen molar-refractivity contribution in [2.45, 2.75) is 31.2 Å². The lowest BCUT2D eigenvalue weighted by Gasteiger charge is -2.34. The van der Waals surface area contributed by atoms with E-state index in [1.807, 2.05) is 25.9 Å². The van der Waals surface area contributed by atoms with Crippen molar-refractivity contribution in [3.05, 3.63) is 65.5 Å². The van der Waals surface area contributed by atoms with Gasteiger partial charge >= 0.3 is 0 Å². The minimum atomic E-state index is -3.57. The summed E-state index contributed by atoms with van der Waals surface area (Å²) in [6.45, 7) is 3.88. The zero-order valence-electron chi connectivity index (χ0n) is 19.0. The minimum Gasteiger partial charge on any atom is -0.337 e. The van der Waals surface area contributed by atoms with E-state index < -0.39 is 10.0 Å². The maximum Gasteiger partial charge on any atom is 0.243 e. The number of amides is 1. The number of hydrogen-bond acceptors (Lipinski definition) is 4. The van der Waals surface area contributed by atoms with Crippen LogP contribution in [0.5, 0.6) is 0 Å². The first kappa shape index (κ1) is 24.4. The van der Waals surface area contributed by atoms with E-state index in [1.54, 1.807) is 47.4 Å². The van der Waals surface area contributed by atoms with E-state index in [1.165, 1.54) is 10.4 Å². The molecule has 1 aliphatic rings. The Morgan fingerprint density at radius 3 is 2.25 bits per heavy atom. The molecule has 3 rings (SSSR count). The molecule has 174 valence electrons. The van der Waals surface area contributed by atoms with Gasteiger partial charge in [-0.2, -0.15) is 4.31 Å². The van der Waals surface area contributed by atoms with Crippen molar-refractivity contribution in [2.75, 3.05) is 40.3 Å². The van der Waals surface area contributed by atoms with Crippen LogP contribution < -0.4 is 0 Å². The minimum absolute atomic E-state index is 0.0394. The largest absolute Gasteiger partial charge is 0.337 e. The summed E-state index contributed by atoms with van der Waals surface area (Å²) >= 11 is 0. The van der Waals surface area contributed by atoms with Crippen LogP contribution in [0.2, 0.25) is 0 Å². The second-order valence-electron chi connectivity index (χ2n) is 8.65. The Labute approximate surface area is 190 Å². The van der Waals surface area contributed by atoms with E-state index in [4.69, 9.17) is 0 Å². The summed E-state index contributed by atoms with van der Waals surface area (Å²) < 4.78 is 41.6. The van der Waals surface area contributed by atoms with Crippen LogP contribution >= 0.6 is 0 Å². The molecule has 0 aromatic heterocycles. The molecule has 0 N–H and O–H groups in total. The molecule has 32 heavy (non-hydrogen) atoms. The standard InChI is InChI=1S/C24H32FN3O3S/c1-19-8-10-22(11-9-19)32(30,31)28-14-12-20(13-15-28)24(29)27(17-16-26(2)3)18-21-6-4-5-7-23(21)25/h4-11,20H,12-18H2,1-3H3. The highest BCUT2D eigenvalue weighted by atomic mass is 32.2. The highest BCUT2D eigenvalue weighted by molar-refractivity contribution is 7.89. The fourth-order valence-electron chi connectivity index (χ4n) is 3.88. The number of piperidine rings is 1. The molecule has 0 aliphatic carbocycles. The zero-order valence-corrected chi connectivity index (χ0v) is 19.8. The van der Waals surface area contributed by atoms with Gasteiger partial charge in [-0.15, -0.1) is 0 Å². The van der Waals surface area contributed by atoms with E-state index in [0.717, 1.165) is 5.56 Å². The van der Waals surface area contributed by atoms with Gasteiger partial charge in [0.05, 0.1) is 4.90 Å². The summed E-state index contributed by atoms with van der Waals surface area (Å²) in [6, 6.07) is 13.3. The molecule has 0 atom stereocenters. The molecule has 0 bridgehead atoms. The second-order valence-corrected chi connectivity index (χ2v) is 10.6. The molecule has 2 aromatic carbocycles. The number of rotatable bonds is 8. The number of likely N-dealkylation sites (N-methyl/N-ethyl adjacent to an activating group) is 1. The average Bonchev–Trinajstić information content (AvgIpc) is 2.77. The Morgan fingerprint density at radius 1 is 1.03 bits per heavy atom. The monoisotopic (exact) mass is 461 g/mol. The van der Waals surface area contributed by atoms with Gasteiger partial charge in [0, 0.05) is 44.2 Å². The van der Waals surface area contributed by atoms with Crippen molar-refractivity contribution in [3.8, 4) is 0 Å². The number of benzene rings is 2. The van der Waals surface area contributed by atoms with E-state index >= 15 is 0 Å². The molecule has 1 heterocycles. The van der Waals surface area contributed by atoms with Crippen molar-refractivity contribution in [1.29, 1.82) is 0 Å². The molecule has 0 unspecified atom stereocenters. The van der Waals surface area contributed by atoms with E-state index in [9.17, 15) is 17.6 Å². The number of sulfonamides is 1. The first-order chi connectivity index (χ1) is 15.2. The molecule has 1 aliphatic heterocycles. The quantitative estimate of drug-likeness (QED) is 0.606. The van der Waals surface area contributed by atoms with Gasteiger partial charge in [-0.1, -0.05) is 35.9 Å². The molecule has 1 saturated heterocycles. The summed E-state index contributed by atoms with van der Waals surface area (Å²) in [5.41, 5.74) is 1.49. The fourth-order valence-corrected chi connectivity index (χ4v) is 5.35. The Morgan fingerprint density at radius 2 is 1.66 bits per heavy atom. The molecule has 1 fully saturated rings. The molecular weight excluding hydrogens is 429 g/mol. The van der Waals surface area contributed by atoms with Crippen LogP contribution in [0, 0.1) is 18.7 Å². The van der Waals surface area contributed by atoms with Gasteiger partial charge in [-0.05, 0) is 52.1 Å². The first-order valence-corrected chi connectivity index (χ1v) is 12.4. The number of aryl methyl sites for hydroxylation is 1. The van der Waals surface area contributed by atoms with Crippen LogP contribution in [0.15, 0.2) is 53.4 Å². The molecule has 6 nitrogen and oxygen atoms in total. The van der Waals surface area contributed by atoms with Crippen LogP contribution in [0.3, 0.4) is 0 Å². The summed E-state index contributed by atoms with van der Waals surface area (Å²) in [4.78, 5) is 17.3. The van der Waals surface area contributed by atoms with Gasteiger partial charge in [0.1, 0.15) is 5.82 Å². The lowest BCUT2D eigenvalue weighted by molar-refractivity contribution is -0.137. The molecule has 1 amide bonds. The summed E-state index contributed by atoms with van der Waals surface area (Å²) in [6.07, 6.45) is 0.916. The maximum atomic E-state index is 14.2. The third-order valence-corrected chi connectivity index (χ3v) is 7.82. The molecular formula is C24H32FN3O3S. The predicted molar refractivity (Wildman–Crippen MR) is 123 cm³/mol. The summed E-state index contributed by atoms with van der Waals surface area (Å²) in [7, 11) is 0.290. The molecule has 2 aromatic rings. The topological polar surface area (TPSA) is 60.9 Å². The number of hydrogen-bond donors (Lipinski definition) is 0. The zero-order chi connectivity index (χ0) is 23.3. The number of carbonyl (C=O) groups excluding carboxylic acids is 1. The highest BCUT2D eigenvalue weighted by Crippen LogP contribution is 2.26. The first-order valence-electron chi connectivity index (χ1n) is 10.9.